The summed E-state index contributed by atoms with van der Waals surface area (Å²) in [6, 6.07) is 0. The van der Waals surface area contributed by atoms with Gasteiger partial charge in [-0.2, -0.15) is 0 Å². The second kappa shape index (κ2) is 7.07. The molecule has 1 atom stereocenters. The van der Waals surface area contributed by atoms with Gasteiger partial charge in [-0.15, -0.1) is 0 Å². The molecule has 0 spiro atoms. The quantitative estimate of drug-likeness (QED) is 0.802. The highest BCUT2D eigenvalue weighted by atomic mass is 16.7. The summed E-state index contributed by atoms with van der Waals surface area (Å²) in [5, 5.41) is 0. The fourth-order valence-electron chi connectivity index (χ4n) is 2.34. The van der Waals surface area contributed by atoms with Crippen LogP contribution in [0.5, 0.6) is 5.75 Å². The van der Waals surface area contributed by atoms with Gasteiger partial charge in [0, 0.05) is 26.6 Å². The van der Waals surface area contributed by atoms with Crippen LogP contribution in [0.15, 0.2) is 6.20 Å². The number of hydrogen-bond acceptors (Lipinski definition) is 4. The van der Waals surface area contributed by atoms with E-state index in [-0.39, 0.29) is 6.29 Å². The van der Waals surface area contributed by atoms with E-state index in [9.17, 15) is 4.79 Å². The van der Waals surface area contributed by atoms with Crippen molar-refractivity contribution < 1.29 is 23.6 Å². The predicted molar refractivity (Wildman–Crippen MR) is 80.3 cm³/mol. The molecule has 0 saturated carbocycles. The molecule has 1 aliphatic rings. The molecule has 122 valence electrons. The van der Waals surface area contributed by atoms with E-state index in [1.165, 1.54) is 4.90 Å². The van der Waals surface area contributed by atoms with Gasteiger partial charge < -0.3 is 19.1 Å². The first kappa shape index (κ1) is 16.7. The molecule has 0 N–H and O–H groups in total. The fraction of sp³-hybridized carbons (Fsp3) is 0.625. The minimum absolute atomic E-state index is 0.208. The van der Waals surface area contributed by atoms with Crippen molar-refractivity contribution in [2.45, 2.75) is 46.2 Å². The molecule has 6 heteroatoms. The van der Waals surface area contributed by atoms with Gasteiger partial charge in [-0.1, -0.05) is 13.3 Å². The molecule has 0 saturated heterocycles. The zero-order chi connectivity index (χ0) is 16.3. The highest BCUT2D eigenvalue weighted by molar-refractivity contribution is 5.70. The van der Waals surface area contributed by atoms with Gasteiger partial charge >= 0.3 is 6.09 Å². The van der Waals surface area contributed by atoms with Crippen LogP contribution in [0.4, 0.5) is 4.79 Å². The third-order valence-electron chi connectivity index (χ3n) is 3.79. The average Bonchev–Trinajstić information content (AvgIpc) is 2.66. The van der Waals surface area contributed by atoms with Crippen LogP contribution >= 0.6 is 0 Å². The van der Waals surface area contributed by atoms with Gasteiger partial charge in [0.05, 0.1) is 18.8 Å². The van der Waals surface area contributed by atoms with Crippen LogP contribution in [-0.4, -0.2) is 31.4 Å². The van der Waals surface area contributed by atoms with E-state index >= 15 is 0 Å². The van der Waals surface area contributed by atoms with E-state index in [0.29, 0.717) is 19.0 Å². The van der Waals surface area contributed by atoms with E-state index < -0.39 is 6.09 Å². The number of ether oxygens (including phenoxy) is 3. The maximum Gasteiger partial charge on any atom is 0.414 e. The van der Waals surface area contributed by atoms with E-state index in [4.69, 9.17) is 14.2 Å². The van der Waals surface area contributed by atoms with Crippen molar-refractivity contribution in [3.8, 4) is 5.75 Å². The number of hydrogen-bond donors (Lipinski definition) is 0. The maximum atomic E-state index is 11.9. The van der Waals surface area contributed by atoms with E-state index in [1.807, 2.05) is 24.7 Å². The van der Waals surface area contributed by atoms with Crippen molar-refractivity contribution >= 4 is 6.09 Å². The highest BCUT2D eigenvalue weighted by Gasteiger charge is 2.27. The number of aromatic nitrogens is 1. The monoisotopic (exact) mass is 309 g/mol. The number of fused-ring (bicyclic) bond motifs is 1. The first-order valence-electron chi connectivity index (χ1n) is 7.57. The Bertz CT molecular complexity index is 558. The minimum Gasteiger partial charge on any atom is -0.403 e. The number of amides is 1. The standard InChI is InChI=1S/C16H25N2O4/c1-6-7-14-20-9-12-8-18(5)11(2)15(13(12)10-21-14)22-16(19)17(3)4/h8,14H,6-7,9-10H2,1-5H3/q+1. The lowest BCUT2D eigenvalue weighted by Crippen LogP contribution is -2.35. The van der Waals surface area contributed by atoms with Crippen LogP contribution in [0.1, 0.15) is 36.6 Å². The molecule has 0 fully saturated rings. The zero-order valence-electron chi connectivity index (χ0n) is 14.0. The third-order valence-corrected chi connectivity index (χ3v) is 3.79. The van der Waals surface area contributed by atoms with Gasteiger partial charge in [-0.25, -0.2) is 9.36 Å². The van der Waals surface area contributed by atoms with Crippen molar-refractivity contribution in [3.05, 3.63) is 23.0 Å². The second-order valence-corrected chi connectivity index (χ2v) is 5.76. The molecule has 1 aliphatic heterocycles. The largest absolute Gasteiger partial charge is 0.414 e. The van der Waals surface area contributed by atoms with Crippen LogP contribution < -0.4 is 9.30 Å². The summed E-state index contributed by atoms with van der Waals surface area (Å²) in [5.41, 5.74) is 2.77. The number of aryl methyl sites for hydroxylation is 1. The van der Waals surface area contributed by atoms with E-state index in [1.54, 1.807) is 14.1 Å². The number of carbonyl (C=O) groups excluding carboxylic acids is 1. The molecule has 0 bridgehead atoms. The van der Waals surface area contributed by atoms with Crippen molar-refractivity contribution in [2.75, 3.05) is 14.1 Å². The fourth-order valence-corrected chi connectivity index (χ4v) is 2.34. The van der Waals surface area contributed by atoms with Crippen LogP contribution in [0.3, 0.4) is 0 Å². The Kier molecular flexibility index (Phi) is 5.37. The van der Waals surface area contributed by atoms with Crippen LogP contribution in [0, 0.1) is 6.92 Å². The van der Waals surface area contributed by atoms with Crippen molar-refractivity contribution in [3.63, 3.8) is 0 Å². The molecule has 1 amide bonds. The number of pyridine rings is 1. The van der Waals surface area contributed by atoms with Crippen LogP contribution in [-0.2, 0) is 29.7 Å². The molecule has 0 aliphatic carbocycles. The van der Waals surface area contributed by atoms with Gasteiger partial charge in [-0.05, 0) is 6.42 Å². The second-order valence-electron chi connectivity index (χ2n) is 5.76. The molecule has 6 nitrogen and oxygen atoms in total. The van der Waals surface area contributed by atoms with Crippen molar-refractivity contribution in [2.24, 2.45) is 7.05 Å². The molecule has 2 rings (SSSR count). The van der Waals surface area contributed by atoms with Gasteiger partial charge in [0.15, 0.2) is 12.5 Å². The molecule has 22 heavy (non-hydrogen) atoms. The molecule has 1 unspecified atom stereocenters. The van der Waals surface area contributed by atoms with Gasteiger partial charge in [0.25, 0.3) is 0 Å². The molecule has 2 heterocycles. The van der Waals surface area contributed by atoms with Crippen molar-refractivity contribution in [1.82, 2.24) is 4.90 Å². The summed E-state index contributed by atoms with van der Waals surface area (Å²) in [6.45, 7) is 4.87. The summed E-state index contributed by atoms with van der Waals surface area (Å²) in [7, 11) is 5.25. The third kappa shape index (κ3) is 3.56. The molecule has 0 aromatic carbocycles. The SMILES string of the molecule is CCCC1OCc2c[n+](C)c(C)c(OC(=O)N(C)C)c2CO1. The topological polar surface area (TPSA) is 51.9 Å². The van der Waals surface area contributed by atoms with Gasteiger partial charge in [0.2, 0.25) is 11.4 Å². The lowest BCUT2D eigenvalue weighted by molar-refractivity contribution is -0.678. The normalized spacial score (nSPS) is 17.6. The lowest BCUT2D eigenvalue weighted by atomic mass is 10.1. The lowest BCUT2D eigenvalue weighted by Gasteiger charge is -2.15. The predicted octanol–water partition coefficient (Wildman–Crippen LogP) is 2.05. The Balaban J connectivity index is 2.35. The zero-order valence-corrected chi connectivity index (χ0v) is 14.0. The molecule has 1 aromatic heterocycles. The van der Waals surface area contributed by atoms with Crippen LogP contribution in [0.25, 0.3) is 0 Å². The Morgan fingerprint density at radius 2 is 2.09 bits per heavy atom. The Hall–Kier alpha value is -1.66. The van der Waals surface area contributed by atoms with E-state index in [0.717, 1.165) is 29.7 Å². The molecular weight excluding hydrogens is 284 g/mol. The smallest absolute Gasteiger partial charge is 0.403 e. The summed E-state index contributed by atoms with van der Waals surface area (Å²) >= 11 is 0. The van der Waals surface area contributed by atoms with Crippen molar-refractivity contribution in [1.29, 1.82) is 0 Å². The summed E-state index contributed by atoms with van der Waals surface area (Å²) in [6.07, 6.45) is 3.25. The van der Waals surface area contributed by atoms with Gasteiger partial charge in [-0.3, -0.25) is 0 Å². The minimum atomic E-state index is -0.397. The average molecular weight is 309 g/mol. The first-order valence-corrected chi connectivity index (χ1v) is 7.57. The maximum absolute atomic E-state index is 11.9. The molecule has 0 radical (unpaired) electrons. The Morgan fingerprint density at radius 3 is 2.73 bits per heavy atom. The van der Waals surface area contributed by atoms with E-state index in [2.05, 4.69) is 6.92 Å². The van der Waals surface area contributed by atoms with Gasteiger partial charge in [0.1, 0.15) is 7.05 Å². The van der Waals surface area contributed by atoms with Crippen LogP contribution in [0.2, 0.25) is 0 Å². The number of carbonyl (C=O) groups is 1. The summed E-state index contributed by atoms with van der Waals surface area (Å²) in [4.78, 5) is 13.3. The molecular formula is C16H25N2O4+. The Labute approximate surface area is 131 Å². The summed E-state index contributed by atoms with van der Waals surface area (Å²) in [5.74, 6) is 0.569. The Morgan fingerprint density at radius 1 is 1.41 bits per heavy atom. The number of nitrogens with zero attached hydrogens (tertiary/aromatic N) is 2. The summed E-state index contributed by atoms with van der Waals surface area (Å²) < 4.78 is 19.1. The molecule has 1 aromatic rings. The first-order chi connectivity index (χ1) is 10.4. The highest BCUT2D eigenvalue weighted by Crippen LogP contribution is 2.29. The number of rotatable bonds is 3.